The number of hydrogen-bond donors (Lipinski definition) is 1. The van der Waals surface area contributed by atoms with Crippen LogP contribution in [0, 0.1) is 5.82 Å². The van der Waals surface area contributed by atoms with Crippen LogP contribution in [0.25, 0.3) is 0 Å². The van der Waals surface area contributed by atoms with E-state index >= 15 is 0 Å². The molecule has 0 spiro atoms. The van der Waals surface area contributed by atoms with Crippen molar-refractivity contribution in [3.05, 3.63) is 66.7 Å². The van der Waals surface area contributed by atoms with Crippen LogP contribution in [0.4, 0.5) is 27.4 Å². The monoisotopic (exact) mass is 393 g/mol. The molecule has 1 saturated heterocycles. The molecule has 0 saturated carbocycles. The number of halogens is 1. The van der Waals surface area contributed by atoms with E-state index in [0.717, 1.165) is 43.4 Å². The Balaban J connectivity index is 1.44. The summed E-state index contributed by atoms with van der Waals surface area (Å²) in [6.45, 7) is 5.56. The van der Waals surface area contributed by atoms with Gasteiger partial charge >= 0.3 is 0 Å². The summed E-state index contributed by atoms with van der Waals surface area (Å²) in [5.41, 5.74) is 1.52. The highest BCUT2D eigenvalue weighted by atomic mass is 19.1. The first-order chi connectivity index (χ1) is 14.2. The van der Waals surface area contributed by atoms with E-state index in [2.05, 4.69) is 25.1 Å². The Hall–Kier alpha value is -3.35. The number of aromatic nitrogens is 2. The highest BCUT2D eigenvalue weighted by molar-refractivity contribution is 5.65. The van der Waals surface area contributed by atoms with Gasteiger partial charge in [0.15, 0.2) is 0 Å². The van der Waals surface area contributed by atoms with E-state index < -0.39 is 0 Å². The first kappa shape index (κ1) is 19.0. The number of benzene rings is 2. The summed E-state index contributed by atoms with van der Waals surface area (Å²) in [6, 6.07) is 16.6. The second kappa shape index (κ2) is 8.77. The van der Waals surface area contributed by atoms with Crippen molar-refractivity contribution in [3.8, 4) is 5.75 Å². The molecular formula is C22H24FN5O. The van der Waals surface area contributed by atoms with Crippen LogP contribution in [0.5, 0.6) is 5.75 Å². The molecule has 0 bridgehead atoms. The second-order valence-electron chi connectivity index (χ2n) is 6.74. The third-order valence-electron chi connectivity index (χ3n) is 4.90. The molecule has 0 aliphatic carbocycles. The fourth-order valence-electron chi connectivity index (χ4n) is 3.46. The fraction of sp³-hybridized carbons (Fsp3) is 0.273. The van der Waals surface area contributed by atoms with Gasteiger partial charge in [-0.2, -0.15) is 0 Å². The third kappa shape index (κ3) is 4.39. The van der Waals surface area contributed by atoms with Gasteiger partial charge in [0.25, 0.3) is 0 Å². The van der Waals surface area contributed by atoms with Crippen molar-refractivity contribution in [3.63, 3.8) is 0 Å². The van der Waals surface area contributed by atoms with Gasteiger partial charge in [-0.15, -0.1) is 0 Å². The van der Waals surface area contributed by atoms with Gasteiger partial charge in [0.05, 0.1) is 18.0 Å². The van der Waals surface area contributed by atoms with Crippen molar-refractivity contribution in [1.82, 2.24) is 9.97 Å². The molecule has 0 radical (unpaired) electrons. The molecule has 2 heterocycles. The third-order valence-corrected chi connectivity index (χ3v) is 4.90. The number of para-hydroxylation sites is 3. The molecule has 0 atom stereocenters. The van der Waals surface area contributed by atoms with E-state index in [9.17, 15) is 4.39 Å². The van der Waals surface area contributed by atoms with Crippen molar-refractivity contribution in [2.75, 3.05) is 47.9 Å². The van der Waals surface area contributed by atoms with Crippen LogP contribution in [0.3, 0.4) is 0 Å². The number of ether oxygens (including phenoxy) is 1. The lowest BCUT2D eigenvalue weighted by Gasteiger charge is -2.36. The van der Waals surface area contributed by atoms with E-state index in [1.54, 1.807) is 12.4 Å². The Labute approximate surface area is 170 Å². The van der Waals surface area contributed by atoms with Crippen LogP contribution in [-0.4, -0.2) is 42.8 Å². The molecule has 3 aromatic rings. The standard InChI is InChI=1S/C22H24FN5O/c1-2-29-20-10-6-4-8-18(20)26-21-15-22(25-16-24-21)28-13-11-27(12-14-28)19-9-5-3-7-17(19)23/h3-10,15-16H,2,11-14H2,1H3,(H,24,25,26). The van der Waals surface area contributed by atoms with Crippen LogP contribution in [-0.2, 0) is 0 Å². The molecule has 0 unspecified atom stereocenters. The predicted octanol–water partition coefficient (Wildman–Crippen LogP) is 4.08. The van der Waals surface area contributed by atoms with Crippen LogP contribution in [0.15, 0.2) is 60.9 Å². The lowest BCUT2D eigenvalue weighted by Crippen LogP contribution is -2.47. The fourth-order valence-corrected chi connectivity index (χ4v) is 3.46. The van der Waals surface area contributed by atoms with Gasteiger partial charge in [0, 0.05) is 32.2 Å². The molecule has 1 aliphatic heterocycles. The number of hydrogen-bond acceptors (Lipinski definition) is 6. The Morgan fingerprint density at radius 3 is 2.48 bits per heavy atom. The van der Waals surface area contributed by atoms with Gasteiger partial charge in [-0.25, -0.2) is 14.4 Å². The van der Waals surface area contributed by atoms with Gasteiger partial charge in [-0.1, -0.05) is 24.3 Å². The molecule has 1 N–H and O–H groups in total. The average Bonchev–Trinajstić information content (AvgIpc) is 2.76. The summed E-state index contributed by atoms with van der Waals surface area (Å²) in [6.07, 6.45) is 1.56. The van der Waals surface area contributed by atoms with Gasteiger partial charge in [-0.05, 0) is 31.2 Å². The van der Waals surface area contributed by atoms with Crippen LogP contribution in [0.1, 0.15) is 6.92 Å². The molecule has 29 heavy (non-hydrogen) atoms. The number of nitrogens with zero attached hydrogens (tertiary/aromatic N) is 4. The minimum absolute atomic E-state index is 0.178. The summed E-state index contributed by atoms with van der Waals surface area (Å²) in [7, 11) is 0. The van der Waals surface area contributed by atoms with Crippen molar-refractivity contribution >= 4 is 23.0 Å². The normalized spacial score (nSPS) is 14.0. The molecule has 0 amide bonds. The highest BCUT2D eigenvalue weighted by Gasteiger charge is 2.20. The molecule has 1 aliphatic rings. The zero-order valence-corrected chi connectivity index (χ0v) is 16.4. The smallest absolute Gasteiger partial charge is 0.146 e. The predicted molar refractivity (Wildman–Crippen MR) is 114 cm³/mol. The van der Waals surface area contributed by atoms with Crippen molar-refractivity contribution < 1.29 is 9.13 Å². The maximum absolute atomic E-state index is 14.0. The molecule has 150 valence electrons. The molecule has 7 heteroatoms. The van der Waals surface area contributed by atoms with Crippen molar-refractivity contribution in [1.29, 1.82) is 0 Å². The second-order valence-corrected chi connectivity index (χ2v) is 6.74. The Bertz CT molecular complexity index is 959. The number of rotatable bonds is 6. The van der Waals surface area contributed by atoms with E-state index in [1.165, 1.54) is 6.07 Å². The van der Waals surface area contributed by atoms with Crippen LogP contribution < -0.4 is 19.9 Å². The number of anilines is 4. The van der Waals surface area contributed by atoms with Crippen LogP contribution in [0.2, 0.25) is 0 Å². The number of piperazine rings is 1. The number of nitrogens with one attached hydrogen (secondary N) is 1. The molecule has 1 aromatic heterocycles. The van der Waals surface area contributed by atoms with E-state index in [4.69, 9.17) is 4.74 Å². The Kier molecular flexibility index (Phi) is 5.74. The van der Waals surface area contributed by atoms with Gasteiger partial charge in [0.1, 0.15) is 29.5 Å². The van der Waals surface area contributed by atoms with Crippen molar-refractivity contribution in [2.45, 2.75) is 6.92 Å². The molecule has 4 rings (SSSR count). The lowest BCUT2D eigenvalue weighted by molar-refractivity contribution is 0.342. The summed E-state index contributed by atoms with van der Waals surface area (Å²) in [5, 5.41) is 3.32. The minimum Gasteiger partial charge on any atom is -0.492 e. The zero-order valence-electron chi connectivity index (χ0n) is 16.4. The first-order valence-corrected chi connectivity index (χ1v) is 9.80. The quantitative estimate of drug-likeness (QED) is 0.681. The SMILES string of the molecule is CCOc1ccccc1Nc1cc(N2CCN(c3ccccc3F)CC2)ncn1. The lowest BCUT2D eigenvalue weighted by atomic mass is 10.2. The summed E-state index contributed by atoms with van der Waals surface area (Å²) < 4.78 is 19.7. The summed E-state index contributed by atoms with van der Waals surface area (Å²) >= 11 is 0. The van der Waals surface area contributed by atoms with Crippen molar-refractivity contribution in [2.24, 2.45) is 0 Å². The summed E-state index contributed by atoms with van der Waals surface area (Å²) in [4.78, 5) is 13.0. The van der Waals surface area contributed by atoms with Gasteiger partial charge < -0.3 is 19.9 Å². The molecule has 2 aromatic carbocycles. The topological polar surface area (TPSA) is 53.5 Å². The molecular weight excluding hydrogens is 369 g/mol. The zero-order chi connectivity index (χ0) is 20.1. The van der Waals surface area contributed by atoms with E-state index in [0.29, 0.717) is 18.1 Å². The molecule has 6 nitrogen and oxygen atoms in total. The average molecular weight is 393 g/mol. The minimum atomic E-state index is -0.178. The Morgan fingerprint density at radius 1 is 0.966 bits per heavy atom. The maximum atomic E-state index is 14.0. The first-order valence-electron chi connectivity index (χ1n) is 9.80. The highest BCUT2D eigenvalue weighted by Crippen LogP contribution is 2.28. The summed E-state index contributed by atoms with van der Waals surface area (Å²) in [5.74, 6) is 2.17. The molecule has 1 fully saturated rings. The van der Waals surface area contributed by atoms with E-state index in [-0.39, 0.29) is 5.82 Å². The van der Waals surface area contributed by atoms with E-state index in [1.807, 2.05) is 49.4 Å². The van der Waals surface area contributed by atoms with Gasteiger partial charge in [0.2, 0.25) is 0 Å². The van der Waals surface area contributed by atoms with Crippen LogP contribution >= 0.6 is 0 Å². The Morgan fingerprint density at radius 2 is 1.69 bits per heavy atom. The maximum Gasteiger partial charge on any atom is 0.146 e. The van der Waals surface area contributed by atoms with Gasteiger partial charge in [-0.3, -0.25) is 0 Å². The largest absolute Gasteiger partial charge is 0.492 e.